The second-order valence-electron chi connectivity index (χ2n) is 6.85. The van der Waals surface area contributed by atoms with Gasteiger partial charge in [0, 0.05) is 15.7 Å². The maximum atomic E-state index is 12.8. The van der Waals surface area contributed by atoms with Crippen molar-refractivity contribution < 1.29 is 19.1 Å². The lowest BCUT2D eigenvalue weighted by atomic mass is 10.1. The number of amides is 3. The first kappa shape index (κ1) is 22.8. The Morgan fingerprint density at radius 1 is 1.26 bits per heavy atom. The van der Waals surface area contributed by atoms with Crippen molar-refractivity contribution in [3.8, 4) is 5.75 Å². The van der Waals surface area contributed by atoms with Crippen LogP contribution in [0.5, 0.6) is 5.75 Å². The van der Waals surface area contributed by atoms with E-state index in [1.165, 1.54) is 0 Å². The van der Waals surface area contributed by atoms with Gasteiger partial charge in [-0.1, -0.05) is 40.7 Å². The van der Waals surface area contributed by atoms with Gasteiger partial charge in [0.25, 0.3) is 11.1 Å². The zero-order valence-electron chi connectivity index (χ0n) is 17.1. The molecule has 1 aliphatic rings. The van der Waals surface area contributed by atoms with Gasteiger partial charge in [-0.25, -0.2) is 0 Å². The summed E-state index contributed by atoms with van der Waals surface area (Å²) in [5.74, 6) is -0.391. The number of rotatable bonds is 7. The first-order valence-corrected chi connectivity index (χ1v) is 11.1. The molecule has 31 heavy (non-hydrogen) atoms. The van der Waals surface area contributed by atoms with E-state index in [0.717, 1.165) is 32.3 Å². The molecular formula is C23H21BrN2O4S. The molecule has 0 unspecified atom stereocenters. The van der Waals surface area contributed by atoms with Crippen LogP contribution in [0.2, 0.25) is 0 Å². The van der Waals surface area contributed by atoms with E-state index in [0.29, 0.717) is 23.6 Å². The normalized spacial score (nSPS) is 14.8. The number of aryl methyl sites for hydroxylation is 1. The molecule has 0 spiro atoms. The summed E-state index contributed by atoms with van der Waals surface area (Å²) in [5.41, 5.74) is 3.27. The Morgan fingerprint density at radius 2 is 2.03 bits per heavy atom. The number of thioether (sulfide) groups is 1. The van der Waals surface area contributed by atoms with Gasteiger partial charge >= 0.3 is 0 Å². The minimum Gasteiger partial charge on any atom is -0.489 e. The number of hydrogen-bond donors (Lipinski definition) is 1. The number of nitrogens with one attached hydrogen (secondary N) is 1. The summed E-state index contributed by atoms with van der Waals surface area (Å²) in [5, 5.41) is 2.28. The minimum atomic E-state index is -0.513. The van der Waals surface area contributed by atoms with Gasteiger partial charge < -0.3 is 10.1 Å². The van der Waals surface area contributed by atoms with E-state index in [1.807, 2.05) is 32.0 Å². The number of carbonyl (C=O) groups is 3. The second kappa shape index (κ2) is 9.98. The second-order valence-corrected chi connectivity index (χ2v) is 8.75. The van der Waals surface area contributed by atoms with Crippen molar-refractivity contribution in [3.63, 3.8) is 0 Å². The van der Waals surface area contributed by atoms with Crippen LogP contribution in [0.1, 0.15) is 16.7 Å². The Labute approximate surface area is 193 Å². The van der Waals surface area contributed by atoms with Gasteiger partial charge in [0.05, 0.1) is 4.91 Å². The summed E-state index contributed by atoms with van der Waals surface area (Å²) in [6.07, 6.45) is 3.21. The smallest absolute Gasteiger partial charge is 0.294 e. The molecule has 0 aliphatic carbocycles. The molecule has 1 saturated heterocycles. The molecule has 160 valence electrons. The Balaban J connectivity index is 1.76. The summed E-state index contributed by atoms with van der Waals surface area (Å²) in [6, 6.07) is 10.9. The van der Waals surface area contributed by atoms with E-state index in [9.17, 15) is 14.4 Å². The molecule has 2 aromatic carbocycles. The molecule has 1 heterocycles. The molecule has 0 saturated carbocycles. The lowest BCUT2D eigenvalue weighted by Crippen LogP contribution is -2.36. The van der Waals surface area contributed by atoms with Crippen molar-refractivity contribution in [2.45, 2.75) is 13.8 Å². The number of anilines is 1. The van der Waals surface area contributed by atoms with Crippen LogP contribution in [0.4, 0.5) is 10.5 Å². The number of carbonyl (C=O) groups excluding carboxylic acids is 3. The molecule has 0 atom stereocenters. The van der Waals surface area contributed by atoms with Crippen LogP contribution >= 0.6 is 27.7 Å². The van der Waals surface area contributed by atoms with Crippen molar-refractivity contribution >= 4 is 56.5 Å². The van der Waals surface area contributed by atoms with E-state index in [1.54, 1.807) is 30.4 Å². The fraction of sp³-hybridized carbons (Fsp3) is 0.174. The molecule has 2 aromatic rings. The highest BCUT2D eigenvalue weighted by molar-refractivity contribution is 9.10. The Kier molecular flexibility index (Phi) is 7.35. The van der Waals surface area contributed by atoms with Gasteiger partial charge in [-0.2, -0.15) is 0 Å². The Morgan fingerprint density at radius 3 is 2.77 bits per heavy atom. The highest BCUT2D eigenvalue weighted by Gasteiger charge is 2.36. The van der Waals surface area contributed by atoms with Gasteiger partial charge in [0.15, 0.2) is 0 Å². The van der Waals surface area contributed by atoms with E-state index >= 15 is 0 Å². The third-order valence-electron chi connectivity index (χ3n) is 4.67. The van der Waals surface area contributed by atoms with Gasteiger partial charge in [0.1, 0.15) is 18.9 Å². The number of ether oxygens (including phenoxy) is 1. The predicted octanol–water partition coefficient (Wildman–Crippen LogP) is 5.31. The molecule has 1 N–H and O–H groups in total. The van der Waals surface area contributed by atoms with Crippen LogP contribution in [0.3, 0.4) is 0 Å². The highest BCUT2D eigenvalue weighted by atomic mass is 79.9. The molecule has 6 nitrogen and oxygen atoms in total. The number of hydrogen-bond acceptors (Lipinski definition) is 5. The largest absolute Gasteiger partial charge is 0.489 e. The quantitative estimate of drug-likeness (QED) is 0.412. The van der Waals surface area contributed by atoms with Gasteiger partial charge in [-0.15, -0.1) is 0 Å². The van der Waals surface area contributed by atoms with Crippen LogP contribution < -0.4 is 10.1 Å². The molecule has 1 fully saturated rings. The van der Waals surface area contributed by atoms with Crippen molar-refractivity contribution in [1.82, 2.24) is 4.90 Å². The Hall–Kier alpha value is -2.84. The minimum absolute atomic E-state index is 0.228. The monoisotopic (exact) mass is 500 g/mol. The van der Waals surface area contributed by atoms with Crippen molar-refractivity contribution in [1.29, 1.82) is 0 Å². The summed E-state index contributed by atoms with van der Waals surface area (Å²) >= 11 is 4.20. The van der Waals surface area contributed by atoms with Crippen LogP contribution in [0, 0.1) is 13.8 Å². The summed E-state index contributed by atoms with van der Waals surface area (Å²) in [7, 11) is 0. The van der Waals surface area contributed by atoms with Crippen LogP contribution in [0.15, 0.2) is 58.4 Å². The van der Waals surface area contributed by atoms with Gasteiger partial charge in [-0.3, -0.25) is 19.3 Å². The van der Waals surface area contributed by atoms with E-state index in [2.05, 4.69) is 27.8 Å². The summed E-state index contributed by atoms with van der Waals surface area (Å²) in [6.45, 7) is 7.43. The number of imide groups is 1. The molecule has 1 aliphatic heterocycles. The zero-order chi connectivity index (χ0) is 22.5. The highest BCUT2D eigenvalue weighted by Crippen LogP contribution is 2.35. The topological polar surface area (TPSA) is 75.7 Å². The molecule has 8 heteroatoms. The average molecular weight is 501 g/mol. The molecule has 0 bridgehead atoms. The maximum absolute atomic E-state index is 12.8. The fourth-order valence-electron chi connectivity index (χ4n) is 2.91. The number of nitrogens with zero attached hydrogens (tertiary/aromatic N) is 1. The lowest BCUT2D eigenvalue weighted by molar-refractivity contribution is -0.127. The van der Waals surface area contributed by atoms with Crippen LogP contribution in [0.25, 0.3) is 6.08 Å². The third-order valence-corrected chi connectivity index (χ3v) is 6.07. The average Bonchev–Trinajstić information content (AvgIpc) is 2.98. The maximum Gasteiger partial charge on any atom is 0.294 e. The lowest BCUT2D eigenvalue weighted by Gasteiger charge is -2.14. The third kappa shape index (κ3) is 5.45. The molecule has 0 radical (unpaired) electrons. The summed E-state index contributed by atoms with van der Waals surface area (Å²) in [4.78, 5) is 38.9. The van der Waals surface area contributed by atoms with Crippen LogP contribution in [-0.4, -0.2) is 35.1 Å². The van der Waals surface area contributed by atoms with E-state index in [4.69, 9.17) is 4.74 Å². The van der Waals surface area contributed by atoms with E-state index < -0.39 is 17.1 Å². The number of benzene rings is 2. The van der Waals surface area contributed by atoms with Gasteiger partial charge in [0.2, 0.25) is 5.91 Å². The number of halogens is 1. The molecule has 3 rings (SSSR count). The fourth-order valence-corrected chi connectivity index (χ4v) is 4.12. The van der Waals surface area contributed by atoms with Crippen molar-refractivity contribution in [2.24, 2.45) is 0 Å². The first-order chi connectivity index (χ1) is 14.8. The Bertz CT molecular complexity index is 1100. The predicted molar refractivity (Wildman–Crippen MR) is 127 cm³/mol. The van der Waals surface area contributed by atoms with Crippen molar-refractivity contribution in [3.05, 3.63) is 75.1 Å². The standard InChI is InChI=1S/C23H21BrN2O4S/c1-4-10-30-19-9-8-17(24)11-16(19)12-20-22(28)26(23(29)31-20)13-21(27)25-18-7-5-6-14(2)15(18)3/h4-9,11-12H,1,10,13H2,2-3H3,(H,25,27)/b20-12+. The molecular weight excluding hydrogens is 480 g/mol. The first-order valence-electron chi connectivity index (χ1n) is 9.45. The SMILES string of the molecule is C=CCOc1ccc(Br)cc1/C=C1/SC(=O)N(CC(=O)Nc2cccc(C)c2C)C1=O. The van der Waals surface area contributed by atoms with Crippen molar-refractivity contribution in [2.75, 3.05) is 18.5 Å². The van der Waals surface area contributed by atoms with Crippen LogP contribution in [-0.2, 0) is 9.59 Å². The van der Waals surface area contributed by atoms with E-state index in [-0.39, 0.29) is 11.4 Å². The molecule has 0 aromatic heterocycles. The zero-order valence-corrected chi connectivity index (χ0v) is 19.5. The van der Waals surface area contributed by atoms with Gasteiger partial charge in [-0.05, 0) is 67.1 Å². The summed E-state index contributed by atoms with van der Waals surface area (Å²) < 4.78 is 6.43. The molecule has 3 amide bonds.